The molecule has 0 unspecified atom stereocenters. The number of hydrogen-bond donors (Lipinski definition) is 0. The number of piperidine rings is 1. The predicted octanol–water partition coefficient (Wildman–Crippen LogP) is 5.02. The van der Waals surface area contributed by atoms with Crippen LogP contribution in [0.1, 0.15) is 37.7 Å². The summed E-state index contributed by atoms with van der Waals surface area (Å²) in [6, 6.07) is 11.4. The minimum absolute atomic E-state index is 0.0516. The van der Waals surface area contributed by atoms with Gasteiger partial charge in [-0.05, 0) is 62.1 Å². The molecule has 0 atom stereocenters. The van der Waals surface area contributed by atoms with E-state index in [0.717, 1.165) is 38.0 Å². The summed E-state index contributed by atoms with van der Waals surface area (Å²) in [6.45, 7) is 2.11. The first kappa shape index (κ1) is 21.9. The first-order valence-corrected chi connectivity index (χ1v) is 11.4. The third-order valence-electron chi connectivity index (χ3n) is 6.89. The molecule has 1 saturated heterocycles. The molecule has 8 heteroatoms. The van der Waals surface area contributed by atoms with Gasteiger partial charge in [-0.25, -0.2) is 4.98 Å². The normalized spacial score (nSPS) is 18.4. The Bertz CT molecular complexity index is 1210. The largest absolute Gasteiger partial charge is 0.490 e. The highest BCUT2D eigenvalue weighted by Crippen LogP contribution is 2.34. The summed E-state index contributed by atoms with van der Waals surface area (Å²) in [7, 11) is 1.52. The number of nitrogens with zero attached hydrogens (tertiary/aromatic N) is 3. The van der Waals surface area contributed by atoms with Crippen LogP contribution in [0.4, 0.5) is 13.2 Å². The average molecular weight is 457 g/mol. The van der Waals surface area contributed by atoms with Gasteiger partial charge in [0, 0.05) is 31.7 Å². The predicted molar refractivity (Wildman–Crippen MR) is 120 cm³/mol. The van der Waals surface area contributed by atoms with Crippen LogP contribution in [-0.2, 0) is 13.2 Å². The van der Waals surface area contributed by atoms with Crippen molar-refractivity contribution >= 4 is 10.9 Å². The van der Waals surface area contributed by atoms with E-state index in [0.29, 0.717) is 11.3 Å². The number of ether oxygens (including phenoxy) is 1. The lowest BCUT2D eigenvalue weighted by atomic mass is 9.90. The van der Waals surface area contributed by atoms with Gasteiger partial charge in [0.15, 0.2) is 0 Å². The molecule has 174 valence electrons. The molecule has 2 aliphatic rings. The summed E-state index contributed by atoms with van der Waals surface area (Å²) in [5.41, 5.74) is -1.20. The Balaban J connectivity index is 1.37. The van der Waals surface area contributed by atoms with Crippen molar-refractivity contribution in [1.82, 2.24) is 14.5 Å². The van der Waals surface area contributed by atoms with Gasteiger partial charge in [0.1, 0.15) is 17.7 Å². The van der Waals surface area contributed by atoms with E-state index in [1.165, 1.54) is 43.0 Å². The molecule has 0 amide bonds. The molecule has 0 radical (unpaired) electrons. The number of alkyl halides is 3. The highest BCUT2D eigenvalue weighted by molar-refractivity contribution is 5.83. The fourth-order valence-corrected chi connectivity index (χ4v) is 4.77. The Labute approximate surface area is 189 Å². The van der Waals surface area contributed by atoms with Crippen molar-refractivity contribution in [3.05, 3.63) is 58.4 Å². The molecule has 1 aromatic heterocycles. The molecule has 0 spiro atoms. The lowest BCUT2D eigenvalue weighted by Gasteiger charge is -2.41. The number of para-hydroxylation sites is 1. The molecule has 1 aliphatic heterocycles. The Hall–Kier alpha value is -2.87. The molecule has 3 aromatic rings. The Morgan fingerprint density at radius 3 is 2.30 bits per heavy atom. The van der Waals surface area contributed by atoms with Gasteiger partial charge in [-0.15, -0.1) is 0 Å². The summed E-state index contributed by atoms with van der Waals surface area (Å²) in [6.07, 6.45) is 1.49. The van der Waals surface area contributed by atoms with Crippen LogP contribution >= 0.6 is 0 Å². The zero-order valence-electron chi connectivity index (χ0n) is 18.4. The summed E-state index contributed by atoms with van der Waals surface area (Å²) in [5, 5.41) is -0.0516. The van der Waals surface area contributed by atoms with E-state index in [1.54, 1.807) is 24.3 Å². The van der Waals surface area contributed by atoms with Gasteiger partial charge in [0.25, 0.3) is 5.56 Å². The third kappa shape index (κ3) is 4.24. The quantitative estimate of drug-likeness (QED) is 0.552. The van der Waals surface area contributed by atoms with Crippen molar-refractivity contribution in [1.29, 1.82) is 0 Å². The molecule has 0 N–H and O–H groups in total. The minimum atomic E-state index is -4.60. The van der Waals surface area contributed by atoms with Crippen LogP contribution in [-0.4, -0.2) is 39.7 Å². The molecule has 2 fully saturated rings. The van der Waals surface area contributed by atoms with E-state index >= 15 is 0 Å². The molecule has 1 saturated carbocycles. The van der Waals surface area contributed by atoms with Gasteiger partial charge in [-0.3, -0.25) is 9.36 Å². The average Bonchev–Trinajstić information content (AvgIpc) is 2.76. The van der Waals surface area contributed by atoms with Gasteiger partial charge < -0.3 is 9.64 Å². The summed E-state index contributed by atoms with van der Waals surface area (Å²) in [4.78, 5) is 19.6. The molecule has 33 heavy (non-hydrogen) atoms. The molecule has 0 bridgehead atoms. The van der Waals surface area contributed by atoms with Crippen LogP contribution in [0, 0.1) is 0 Å². The van der Waals surface area contributed by atoms with Crippen LogP contribution < -0.4 is 10.3 Å². The van der Waals surface area contributed by atoms with Crippen LogP contribution in [0.25, 0.3) is 22.3 Å². The van der Waals surface area contributed by atoms with E-state index in [1.807, 2.05) is 0 Å². The summed E-state index contributed by atoms with van der Waals surface area (Å²) < 4.78 is 47.9. The second-order valence-corrected chi connectivity index (χ2v) is 8.96. The molecule has 5 nitrogen and oxygen atoms in total. The lowest BCUT2D eigenvalue weighted by molar-refractivity contribution is -0.136. The Kier molecular flexibility index (Phi) is 5.64. The van der Waals surface area contributed by atoms with Crippen LogP contribution in [0.3, 0.4) is 0 Å². The van der Waals surface area contributed by atoms with Gasteiger partial charge >= 0.3 is 6.18 Å². The van der Waals surface area contributed by atoms with Gasteiger partial charge in [-0.2, -0.15) is 13.2 Å². The standard InChI is InChI=1S/C25H26F3N3O2/c1-30-23(29-22-20(24(30)32)6-3-7-21(22)25(26,27)28)16-8-10-18(11-9-16)33-19-12-14-31(15-13-19)17-4-2-5-17/h3,6-11,17,19H,2,4-5,12-15H2,1H3. The monoisotopic (exact) mass is 457 g/mol. The zero-order chi connectivity index (χ0) is 23.2. The first-order valence-electron chi connectivity index (χ1n) is 11.4. The first-order chi connectivity index (χ1) is 15.8. The fraction of sp³-hybridized carbons (Fsp3) is 0.440. The zero-order valence-corrected chi connectivity index (χ0v) is 18.4. The van der Waals surface area contributed by atoms with Crippen molar-refractivity contribution < 1.29 is 17.9 Å². The maximum absolute atomic E-state index is 13.5. The summed E-state index contributed by atoms with van der Waals surface area (Å²) in [5.74, 6) is 0.896. The maximum atomic E-state index is 13.5. The number of hydrogen-bond acceptors (Lipinski definition) is 4. The van der Waals surface area contributed by atoms with E-state index in [4.69, 9.17) is 4.74 Å². The van der Waals surface area contributed by atoms with Crippen molar-refractivity contribution in [3.63, 3.8) is 0 Å². The number of fused-ring (bicyclic) bond motifs is 1. The smallest absolute Gasteiger partial charge is 0.418 e. The van der Waals surface area contributed by atoms with Crippen molar-refractivity contribution in [2.24, 2.45) is 7.05 Å². The molecular formula is C25H26F3N3O2. The van der Waals surface area contributed by atoms with E-state index in [-0.39, 0.29) is 22.8 Å². The molecule has 2 aromatic carbocycles. The topological polar surface area (TPSA) is 47.4 Å². The number of aromatic nitrogens is 2. The minimum Gasteiger partial charge on any atom is -0.490 e. The molecule has 2 heterocycles. The van der Waals surface area contributed by atoms with Crippen molar-refractivity contribution in [2.75, 3.05) is 13.1 Å². The Morgan fingerprint density at radius 1 is 1.00 bits per heavy atom. The van der Waals surface area contributed by atoms with Gasteiger partial charge in [0.05, 0.1) is 16.5 Å². The fourth-order valence-electron chi connectivity index (χ4n) is 4.77. The van der Waals surface area contributed by atoms with Gasteiger partial charge in [-0.1, -0.05) is 12.5 Å². The SMILES string of the molecule is Cn1c(-c2ccc(OC3CCN(C4CCC4)CC3)cc2)nc2c(C(F)(F)F)cccc2c1=O. The number of halogens is 3. The Morgan fingerprint density at radius 2 is 1.70 bits per heavy atom. The van der Waals surface area contributed by atoms with Crippen LogP contribution in [0.2, 0.25) is 0 Å². The van der Waals surface area contributed by atoms with Crippen LogP contribution in [0.5, 0.6) is 5.75 Å². The second-order valence-electron chi connectivity index (χ2n) is 8.96. The van der Waals surface area contributed by atoms with Crippen molar-refractivity contribution in [2.45, 2.75) is 50.4 Å². The van der Waals surface area contributed by atoms with E-state index in [2.05, 4.69) is 9.88 Å². The number of benzene rings is 2. The number of likely N-dealkylation sites (tertiary alicyclic amines) is 1. The third-order valence-corrected chi connectivity index (χ3v) is 6.89. The highest BCUT2D eigenvalue weighted by Gasteiger charge is 2.34. The lowest BCUT2D eigenvalue weighted by Crippen LogP contribution is -2.46. The van der Waals surface area contributed by atoms with E-state index < -0.39 is 17.3 Å². The molecule has 5 rings (SSSR count). The number of rotatable bonds is 4. The second kappa shape index (κ2) is 8.48. The van der Waals surface area contributed by atoms with E-state index in [9.17, 15) is 18.0 Å². The van der Waals surface area contributed by atoms with Crippen LogP contribution in [0.15, 0.2) is 47.3 Å². The highest BCUT2D eigenvalue weighted by atomic mass is 19.4. The molecule has 1 aliphatic carbocycles. The van der Waals surface area contributed by atoms with Gasteiger partial charge in [0.2, 0.25) is 0 Å². The summed E-state index contributed by atoms with van der Waals surface area (Å²) >= 11 is 0. The maximum Gasteiger partial charge on any atom is 0.418 e. The molecular weight excluding hydrogens is 431 g/mol. The van der Waals surface area contributed by atoms with Crippen molar-refractivity contribution in [3.8, 4) is 17.1 Å².